The standard InChI is InChI=1S/C9H14N2O/c1-8(2)11(10)12-9-6-4-3-5-7-9/h3-8H,10H2,1-2H3. The van der Waals surface area contributed by atoms with Gasteiger partial charge in [0.2, 0.25) is 0 Å². The van der Waals surface area contributed by atoms with Crippen molar-refractivity contribution in [2.24, 2.45) is 5.84 Å². The third-order valence-electron chi connectivity index (χ3n) is 1.46. The first-order chi connectivity index (χ1) is 5.70. The molecule has 0 unspecified atom stereocenters. The Hall–Kier alpha value is -1.06. The van der Waals surface area contributed by atoms with Crippen molar-refractivity contribution in [2.75, 3.05) is 0 Å². The number of hydrazine groups is 1. The SMILES string of the molecule is CC(C)N(N)Oc1ccccc1. The Kier molecular flexibility index (Phi) is 3.08. The van der Waals surface area contributed by atoms with Gasteiger partial charge in [-0.2, -0.15) is 0 Å². The van der Waals surface area contributed by atoms with Crippen molar-refractivity contribution in [3.05, 3.63) is 30.3 Å². The van der Waals surface area contributed by atoms with Crippen LogP contribution in [0.25, 0.3) is 0 Å². The minimum atomic E-state index is 0.171. The summed E-state index contributed by atoms with van der Waals surface area (Å²) >= 11 is 0. The molecule has 0 aliphatic carbocycles. The molecule has 0 saturated carbocycles. The highest BCUT2D eigenvalue weighted by molar-refractivity contribution is 5.20. The van der Waals surface area contributed by atoms with E-state index in [2.05, 4.69) is 0 Å². The third kappa shape index (κ3) is 2.53. The van der Waals surface area contributed by atoms with Gasteiger partial charge in [0.1, 0.15) is 5.75 Å². The number of nitrogens with two attached hydrogens (primary N) is 1. The summed E-state index contributed by atoms with van der Waals surface area (Å²) in [6.45, 7) is 3.92. The number of para-hydroxylation sites is 1. The molecule has 0 amide bonds. The maximum atomic E-state index is 5.56. The van der Waals surface area contributed by atoms with Crippen LogP contribution in [0.2, 0.25) is 0 Å². The van der Waals surface area contributed by atoms with Gasteiger partial charge in [-0.15, -0.1) is 0 Å². The van der Waals surface area contributed by atoms with Gasteiger partial charge in [-0.25, -0.2) is 5.84 Å². The summed E-state index contributed by atoms with van der Waals surface area (Å²) in [5, 5.41) is 1.33. The van der Waals surface area contributed by atoms with Crippen LogP contribution in [-0.4, -0.2) is 11.2 Å². The zero-order valence-corrected chi connectivity index (χ0v) is 7.40. The Morgan fingerprint density at radius 3 is 2.33 bits per heavy atom. The Bertz CT molecular complexity index is 223. The van der Waals surface area contributed by atoms with Crippen LogP contribution >= 0.6 is 0 Å². The van der Waals surface area contributed by atoms with Gasteiger partial charge in [0, 0.05) is 0 Å². The molecule has 0 aromatic heterocycles. The highest BCUT2D eigenvalue weighted by Crippen LogP contribution is 2.09. The Labute approximate surface area is 72.7 Å². The predicted octanol–water partition coefficient (Wildman–Crippen LogP) is 1.56. The molecule has 2 N–H and O–H groups in total. The van der Waals surface area contributed by atoms with Crippen molar-refractivity contribution in [3.8, 4) is 5.75 Å². The molecule has 1 rings (SSSR count). The Morgan fingerprint density at radius 1 is 1.25 bits per heavy atom. The molecule has 0 fully saturated rings. The van der Waals surface area contributed by atoms with Gasteiger partial charge >= 0.3 is 0 Å². The van der Waals surface area contributed by atoms with Crippen LogP contribution in [0.15, 0.2) is 30.3 Å². The highest BCUT2D eigenvalue weighted by atomic mass is 16.7. The van der Waals surface area contributed by atoms with E-state index >= 15 is 0 Å². The average molecular weight is 166 g/mol. The second kappa shape index (κ2) is 4.09. The van der Waals surface area contributed by atoms with Gasteiger partial charge < -0.3 is 4.84 Å². The highest BCUT2D eigenvalue weighted by Gasteiger charge is 2.04. The van der Waals surface area contributed by atoms with Gasteiger partial charge in [0.05, 0.1) is 6.04 Å². The molecule has 0 aliphatic rings. The third-order valence-corrected chi connectivity index (χ3v) is 1.46. The predicted molar refractivity (Wildman–Crippen MR) is 48.2 cm³/mol. The van der Waals surface area contributed by atoms with Crippen LogP contribution in [0.5, 0.6) is 5.75 Å². The molecule has 0 aliphatic heterocycles. The Balaban J connectivity index is 2.53. The number of hydrogen-bond acceptors (Lipinski definition) is 3. The van der Waals surface area contributed by atoms with Crippen LogP contribution in [0.1, 0.15) is 13.8 Å². The van der Waals surface area contributed by atoms with E-state index in [-0.39, 0.29) is 6.04 Å². The molecule has 1 aromatic rings. The summed E-state index contributed by atoms with van der Waals surface area (Å²) < 4.78 is 0. The molecule has 0 spiro atoms. The molecule has 12 heavy (non-hydrogen) atoms. The molecule has 3 nitrogen and oxygen atoms in total. The molecule has 0 bridgehead atoms. The molecule has 0 radical (unpaired) electrons. The maximum Gasteiger partial charge on any atom is 0.149 e. The van der Waals surface area contributed by atoms with Crippen molar-refractivity contribution < 1.29 is 4.84 Å². The molecule has 0 atom stereocenters. The lowest BCUT2D eigenvalue weighted by atomic mass is 10.3. The van der Waals surface area contributed by atoms with E-state index in [1.165, 1.54) is 5.17 Å². The summed E-state index contributed by atoms with van der Waals surface area (Å²) in [6, 6.07) is 9.64. The molecule has 1 aromatic carbocycles. The zero-order chi connectivity index (χ0) is 8.97. The van der Waals surface area contributed by atoms with Crippen LogP contribution in [0.3, 0.4) is 0 Å². The van der Waals surface area contributed by atoms with Crippen LogP contribution in [0.4, 0.5) is 0 Å². The molecule has 0 heterocycles. The molecule has 0 saturated heterocycles. The van der Waals surface area contributed by atoms with E-state index in [0.29, 0.717) is 0 Å². The average Bonchev–Trinajstić information content (AvgIpc) is 2.06. The van der Waals surface area contributed by atoms with E-state index in [9.17, 15) is 0 Å². The summed E-state index contributed by atoms with van der Waals surface area (Å²) in [4.78, 5) is 5.29. The summed E-state index contributed by atoms with van der Waals surface area (Å²) in [5.74, 6) is 6.32. The Morgan fingerprint density at radius 2 is 1.83 bits per heavy atom. The maximum absolute atomic E-state index is 5.56. The smallest absolute Gasteiger partial charge is 0.149 e. The van der Waals surface area contributed by atoms with Gasteiger partial charge in [-0.1, -0.05) is 23.4 Å². The molecule has 66 valence electrons. The van der Waals surface area contributed by atoms with E-state index in [1.54, 1.807) is 0 Å². The summed E-state index contributed by atoms with van der Waals surface area (Å²) in [5.41, 5.74) is 0. The van der Waals surface area contributed by atoms with E-state index < -0.39 is 0 Å². The molecular formula is C9H14N2O. The fourth-order valence-electron chi connectivity index (χ4n) is 0.708. The number of nitrogens with zero attached hydrogens (tertiary/aromatic N) is 1. The number of rotatable bonds is 3. The second-order valence-corrected chi connectivity index (χ2v) is 2.86. The fraction of sp³-hybridized carbons (Fsp3) is 0.333. The van der Waals surface area contributed by atoms with E-state index in [0.717, 1.165) is 5.75 Å². The van der Waals surface area contributed by atoms with Crippen molar-refractivity contribution in [1.82, 2.24) is 5.17 Å². The summed E-state index contributed by atoms with van der Waals surface area (Å²) in [6.07, 6.45) is 0. The van der Waals surface area contributed by atoms with Gasteiger partial charge in [-0.3, -0.25) is 0 Å². The normalized spacial score (nSPS) is 10.8. The zero-order valence-electron chi connectivity index (χ0n) is 7.40. The first kappa shape index (κ1) is 9.03. The molecule has 3 heteroatoms. The summed E-state index contributed by atoms with van der Waals surface area (Å²) in [7, 11) is 0. The van der Waals surface area contributed by atoms with Crippen LogP contribution in [-0.2, 0) is 0 Å². The van der Waals surface area contributed by atoms with Gasteiger partial charge in [0.25, 0.3) is 0 Å². The lowest BCUT2D eigenvalue weighted by Gasteiger charge is -2.20. The lowest BCUT2D eigenvalue weighted by molar-refractivity contribution is -0.0874. The van der Waals surface area contributed by atoms with E-state index in [1.807, 2.05) is 44.2 Å². The second-order valence-electron chi connectivity index (χ2n) is 2.86. The fourth-order valence-corrected chi connectivity index (χ4v) is 0.708. The van der Waals surface area contributed by atoms with Crippen LogP contribution in [0, 0.1) is 0 Å². The number of hydrogen-bond donors (Lipinski definition) is 1. The van der Waals surface area contributed by atoms with Crippen molar-refractivity contribution in [2.45, 2.75) is 19.9 Å². The van der Waals surface area contributed by atoms with Gasteiger partial charge in [0.15, 0.2) is 0 Å². The van der Waals surface area contributed by atoms with Crippen LogP contribution < -0.4 is 10.7 Å². The van der Waals surface area contributed by atoms with Crippen molar-refractivity contribution >= 4 is 0 Å². The van der Waals surface area contributed by atoms with Crippen molar-refractivity contribution in [3.63, 3.8) is 0 Å². The first-order valence-corrected chi connectivity index (χ1v) is 3.97. The minimum absolute atomic E-state index is 0.171. The van der Waals surface area contributed by atoms with Gasteiger partial charge in [-0.05, 0) is 26.0 Å². The topological polar surface area (TPSA) is 38.5 Å². The largest absolute Gasteiger partial charge is 0.391 e. The number of benzene rings is 1. The number of hydroxylamine groups is 1. The minimum Gasteiger partial charge on any atom is -0.391 e. The molecular weight excluding hydrogens is 152 g/mol. The lowest BCUT2D eigenvalue weighted by Crippen LogP contribution is -2.40. The van der Waals surface area contributed by atoms with Crippen molar-refractivity contribution in [1.29, 1.82) is 0 Å². The van der Waals surface area contributed by atoms with E-state index in [4.69, 9.17) is 10.7 Å². The monoisotopic (exact) mass is 166 g/mol. The quantitative estimate of drug-likeness (QED) is 0.547. The first-order valence-electron chi connectivity index (χ1n) is 3.97.